The molecule has 6 bridgehead atoms. The molecule has 4 heterocycles. The van der Waals surface area contributed by atoms with Crippen molar-refractivity contribution in [2.24, 2.45) is 9.98 Å². The number of nitrogens with one attached hydrogen (secondary N) is 2. The van der Waals surface area contributed by atoms with Crippen LogP contribution in [0.25, 0.3) is 0 Å². The van der Waals surface area contributed by atoms with E-state index in [-0.39, 0.29) is 0 Å². The molecule has 0 radical (unpaired) electrons. The monoisotopic (exact) mass is 457 g/mol. The van der Waals surface area contributed by atoms with E-state index in [2.05, 4.69) is 25.6 Å². The van der Waals surface area contributed by atoms with E-state index in [9.17, 15) is 0 Å². The van der Waals surface area contributed by atoms with Crippen LogP contribution in [0.1, 0.15) is 22.5 Å². The number of nitrogens with zero attached hydrogens (tertiary/aromatic N) is 3. The topological polar surface area (TPSA) is 80.1 Å². The van der Waals surface area contributed by atoms with Crippen molar-refractivity contribution < 1.29 is 9.47 Å². The summed E-state index contributed by atoms with van der Waals surface area (Å²) < 4.78 is 11.8. The Bertz CT molecular complexity index is 982. The molecule has 2 N–H and O–H groups in total. The van der Waals surface area contributed by atoms with Crippen LogP contribution < -0.4 is 20.1 Å². The van der Waals surface area contributed by atoms with Gasteiger partial charge in [0.2, 0.25) is 0 Å². The third-order valence-electron chi connectivity index (χ3n) is 5.19. The van der Waals surface area contributed by atoms with E-state index >= 15 is 0 Å². The molecule has 7 nitrogen and oxygen atoms in total. The van der Waals surface area contributed by atoms with Crippen LogP contribution >= 0.6 is 0 Å². The first-order valence-corrected chi connectivity index (χ1v) is 11.7. The molecule has 0 saturated heterocycles. The molecule has 0 unspecified atom stereocenters. The van der Waals surface area contributed by atoms with Crippen molar-refractivity contribution in [3.05, 3.63) is 89.2 Å². The fraction of sp³-hybridized carbons (Fsp3) is 0.296. The molecular weight excluding hydrogens is 426 g/mol. The zero-order valence-electron chi connectivity index (χ0n) is 19.3. The predicted molar refractivity (Wildman–Crippen MR) is 136 cm³/mol. The molecule has 176 valence electrons. The van der Waals surface area contributed by atoms with E-state index in [1.807, 2.05) is 79.2 Å². The maximum atomic E-state index is 5.91. The summed E-state index contributed by atoms with van der Waals surface area (Å²) in [6, 6.07) is 21.8. The van der Waals surface area contributed by atoms with Gasteiger partial charge in [0.25, 0.3) is 0 Å². The second-order valence-corrected chi connectivity index (χ2v) is 7.91. The molecule has 0 fully saturated rings. The first kappa shape index (κ1) is 23.6. The highest BCUT2D eigenvalue weighted by Gasteiger charge is 2.02. The molecule has 0 saturated carbocycles. The highest BCUT2D eigenvalue weighted by atomic mass is 16.5. The molecule has 2 aromatic carbocycles. The van der Waals surface area contributed by atoms with Gasteiger partial charge in [-0.25, -0.2) is 0 Å². The zero-order valence-corrected chi connectivity index (χ0v) is 19.3. The Balaban J connectivity index is 1.39. The Labute approximate surface area is 201 Å². The van der Waals surface area contributed by atoms with Gasteiger partial charge in [-0.1, -0.05) is 6.07 Å². The van der Waals surface area contributed by atoms with E-state index in [1.165, 1.54) is 0 Å². The summed E-state index contributed by atoms with van der Waals surface area (Å²) in [5.74, 6) is 1.60. The summed E-state index contributed by atoms with van der Waals surface area (Å²) in [6.07, 6.45) is 3.79. The van der Waals surface area contributed by atoms with Crippen LogP contribution in [0.5, 0.6) is 11.5 Å². The first-order chi connectivity index (χ1) is 16.8. The molecule has 3 aliphatic heterocycles. The van der Waals surface area contributed by atoms with E-state index in [0.717, 1.165) is 73.3 Å². The lowest BCUT2D eigenvalue weighted by Crippen LogP contribution is -2.30. The van der Waals surface area contributed by atoms with Crippen LogP contribution in [0.15, 0.2) is 76.7 Å². The van der Waals surface area contributed by atoms with E-state index in [4.69, 9.17) is 9.47 Å². The Kier molecular flexibility index (Phi) is 9.18. The van der Waals surface area contributed by atoms with Crippen molar-refractivity contribution in [2.75, 3.05) is 39.3 Å². The Morgan fingerprint density at radius 1 is 0.559 bits per heavy atom. The molecular formula is C27H31N5O2. The van der Waals surface area contributed by atoms with Crippen LogP contribution in [0.2, 0.25) is 0 Å². The summed E-state index contributed by atoms with van der Waals surface area (Å²) in [4.78, 5) is 13.6. The minimum absolute atomic E-state index is 0.399. The molecule has 34 heavy (non-hydrogen) atoms. The van der Waals surface area contributed by atoms with Gasteiger partial charge < -0.3 is 20.1 Å². The summed E-state index contributed by atoms with van der Waals surface area (Å²) in [7, 11) is 0. The third kappa shape index (κ3) is 8.10. The van der Waals surface area contributed by atoms with Crippen LogP contribution in [0.4, 0.5) is 0 Å². The maximum absolute atomic E-state index is 5.91. The lowest BCUT2D eigenvalue weighted by Gasteiger charge is -2.09. The molecule has 3 aliphatic rings. The number of benzene rings is 2. The Morgan fingerprint density at radius 2 is 1.03 bits per heavy atom. The highest BCUT2D eigenvalue weighted by molar-refractivity contribution is 5.80. The molecule has 0 atom stereocenters. The molecule has 7 heteroatoms. The van der Waals surface area contributed by atoms with Gasteiger partial charge in [0.15, 0.2) is 0 Å². The van der Waals surface area contributed by atoms with Gasteiger partial charge in [0.1, 0.15) is 24.7 Å². The largest absolute Gasteiger partial charge is 0.487 e. The Hall–Kier alpha value is -3.55. The van der Waals surface area contributed by atoms with Crippen LogP contribution in [0.3, 0.4) is 0 Å². The fourth-order valence-corrected chi connectivity index (χ4v) is 3.36. The van der Waals surface area contributed by atoms with Gasteiger partial charge in [0, 0.05) is 38.6 Å². The number of rotatable bonds is 0. The van der Waals surface area contributed by atoms with E-state index in [0.29, 0.717) is 13.2 Å². The highest BCUT2D eigenvalue weighted by Crippen LogP contribution is 2.15. The average molecular weight is 458 g/mol. The molecule has 6 rings (SSSR count). The third-order valence-corrected chi connectivity index (χ3v) is 5.19. The van der Waals surface area contributed by atoms with Gasteiger partial charge >= 0.3 is 0 Å². The van der Waals surface area contributed by atoms with Gasteiger partial charge in [-0.15, -0.1) is 0 Å². The molecule has 0 amide bonds. The number of hydrogen-bond donors (Lipinski definition) is 2. The zero-order chi connectivity index (χ0) is 23.3. The van der Waals surface area contributed by atoms with E-state index in [1.54, 1.807) is 0 Å². The standard InChI is InChI=1S/C27H31N5O2/c1-2-24-20-33-26-8-4-22(5-9-26)18-30-16-14-28-12-13-29-15-17-31-19-23-6-10-27(11-7-23)34-21-25(3-1)32-24/h1-11,18-19,28-29H,12-17,20-21H2. The molecule has 1 aromatic heterocycles. The predicted octanol–water partition coefficient (Wildman–Crippen LogP) is 3.27. The second kappa shape index (κ2) is 13.2. The van der Waals surface area contributed by atoms with Crippen molar-refractivity contribution in [3.63, 3.8) is 0 Å². The maximum Gasteiger partial charge on any atom is 0.130 e. The summed E-state index contributed by atoms with van der Waals surface area (Å²) >= 11 is 0. The summed E-state index contributed by atoms with van der Waals surface area (Å²) in [5, 5.41) is 6.78. The van der Waals surface area contributed by atoms with Crippen molar-refractivity contribution >= 4 is 12.4 Å². The van der Waals surface area contributed by atoms with Crippen LogP contribution in [-0.4, -0.2) is 56.7 Å². The van der Waals surface area contributed by atoms with Crippen LogP contribution in [-0.2, 0) is 13.2 Å². The number of hydrogen-bond acceptors (Lipinski definition) is 7. The van der Waals surface area contributed by atoms with Crippen molar-refractivity contribution in [2.45, 2.75) is 13.2 Å². The minimum atomic E-state index is 0.399. The number of fused-ring (bicyclic) bond motifs is 2. The fourth-order valence-electron chi connectivity index (χ4n) is 3.36. The van der Waals surface area contributed by atoms with E-state index < -0.39 is 0 Å². The lowest BCUT2D eigenvalue weighted by atomic mass is 10.2. The average Bonchev–Trinajstić information content (AvgIpc) is 2.88. The normalized spacial score (nSPS) is 15.9. The van der Waals surface area contributed by atoms with Gasteiger partial charge in [-0.2, -0.15) is 0 Å². The lowest BCUT2D eigenvalue weighted by molar-refractivity contribution is 0.290. The number of aromatic nitrogens is 1. The Morgan fingerprint density at radius 3 is 1.50 bits per heavy atom. The van der Waals surface area contributed by atoms with Crippen molar-refractivity contribution in [1.29, 1.82) is 0 Å². The smallest absolute Gasteiger partial charge is 0.130 e. The van der Waals surface area contributed by atoms with Gasteiger partial charge in [-0.3, -0.25) is 15.0 Å². The summed E-state index contributed by atoms with van der Waals surface area (Å²) in [5.41, 5.74) is 3.82. The van der Waals surface area contributed by atoms with Crippen molar-refractivity contribution in [1.82, 2.24) is 15.6 Å². The quantitative estimate of drug-likeness (QED) is 0.542. The van der Waals surface area contributed by atoms with Crippen LogP contribution in [0, 0.1) is 0 Å². The molecule has 3 aromatic rings. The number of pyridine rings is 1. The number of ether oxygens (including phenoxy) is 2. The second-order valence-electron chi connectivity index (χ2n) is 7.91. The first-order valence-electron chi connectivity index (χ1n) is 11.7. The minimum Gasteiger partial charge on any atom is -0.487 e. The summed E-state index contributed by atoms with van der Waals surface area (Å²) in [6.45, 7) is 5.80. The number of aliphatic imine (C=N–C) groups is 2. The molecule has 0 spiro atoms. The van der Waals surface area contributed by atoms with Crippen molar-refractivity contribution in [3.8, 4) is 11.5 Å². The van der Waals surface area contributed by atoms with Gasteiger partial charge in [0.05, 0.1) is 24.5 Å². The van der Waals surface area contributed by atoms with Gasteiger partial charge in [-0.05, 0) is 71.8 Å². The molecule has 0 aliphatic carbocycles. The SMILES string of the molecule is C1=NCCNCCNCCN=Cc2ccc(cc2)OCc2cccc(n2)COc2ccc1cc2.